The van der Waals surface area contributed by atoms with Gasteiger partial charge in [-0.3, -0.25) is 4.72 Å². The van der Waals surface area contributed by atoms with E-state index in [0.29, 0.717) is 30.1 Å². The summed E-state index contributed by atoms with van der Waals surface area (Å²) in [5.41, 5.74) is 10.2. The van der Waals surface area contributed by atoms with Gasteiger partial charge in [-0.25, -0.2) is 18.4 Å². The Kier molecular flexibility index (Phi) is 7.97. The van der Waals surface area contributed by atoms with Crippen molar-refractivity contribution in [2.24, 2.45) is 5.73 Å². The Balaban J connectivity index is 1.43. The van der Waals surface area contributed by atoms with Gasteiger partial charge in [-0.1, -0.05) is 37.6 Å². The van der Waals surface area contributed by atoms with E-state index in [9.17, 15) is 8.42 Å². The topological polar surface area (TPSA) is 136 Å². The van der Waals surface area contributed by atoms with Crippen LogP contribution in [0.2, 0.25) is 5.02 Å². The number of fused-ring (bicyclic) bond motifs is 1. The van der Waals surface area contributed by atoms with Gasteiger partial charge in [-0.05, 0) is 80.0 Å². The molecule has 11 heteroatoms. The van der Waals surface area contributed by atoms with Crippen LogP contribution in [0.1, 0.15) is 50.7 Å². The maximum Gasteiger partial charge on any atom is 0.264 e. The van der Waals surface area contributed by atoms with Crippen LogP contribution in [0.5, 0.6) is 0 Å². The van der Waals surface area contributed by atoms with Gasteiger partial charge >= 0.3 is 0 Å². The SMILES string of the molecule is CCc1cc(-c2cc(CC)c3nc(NC4CCC(N)CC4)ncc3c2)nnc1NS(=O)(=O)c1ccccc1Cl. The minimum Gasteiger partial charge on any atom is -0.351 e. The summed E-state index contributed by atoms with van der Waals surface area (Å²) >= 11 is 6.12. The van der Waals surface area contributed by atoms with Crippen molar-refractivity contribution in [3.05, 3.63) is 64.8 Å². The van der Waals surface area contributed by atoms with E-state index in [1.165, 1.54) is 12.1 Å². The van der Waals surface area contributed by atoms with E-state index < -0.39 is 10.0 Å². The molecule has 2 aromatic heterocycles. The van der Waals surface area contributed by atoms with E-state index in [-0.39, 0.29) is 15.7 Å². The van der Waals surface area contributed by atoms with Crippen LogP contribution in [-0.4, -0.2) is 40.7 Å². The second kappa shape index (κ2) is 11.4. The van der Waals surface area contributed by atoms with Crippen molar-refractivity contribution in [2.45, 2.75) is 69.4 Å². The molecular formula is C28H32ClN7O2S. The third-order valence-corrected chi connectivity index (χ3v) is 8.99. The summed E-state index contributed by atoms with van der Waals surface area (Å²) in [6.45, 7) is 4.03. The molecule has 0 saturated heterocycles. The lowest BCUT2D eigenvalue weighted by Gasteiger charge is -2.26. The first-order valence-corrected chi connectivity index (χ1v) is 15.1. The zero-order valence-electron chi connectivity index (χ0n) is 22.0. The summed E-state index contributed by atoms with van der Waals surface area (Å²) in [6, 6.07) is 12.8. The first-order valence-electron chi connectivity index (χ1n) is 13.2. The van der Waals surface area contributed by atoms with Crippen LogP contribution in [0.4, 0.5) is 11.8 Å². The lowest BCUT2D eigenvalue weighted by atomic mass is 9.92. The lowest BCUT2D eigenvalue weighted by Crippen LogP contribution is -2.33. The highest BCUT2D eigenvalue weighted by molar-refractivity contribution is 7.92. The highest BCUT2D eigenvalue weighted by Crippen LogP contribution is 2.30. The molecule has 2 heterocycles. The molecule has 1 aliphatic carbocycles. The smallest absolute Gasteiger partial charge is 0.264 e. The maximum absolute atomic E-state index is 13.0. The highest BCUT2D eigenvalue weighted by atomic mass is 35.5. The summed E-state index contributed by atoms with van der Waals surface area (Å²) in [6.07, 6.45) is 7.23. The van der Waals surface area contributed by atoms with Crippen molar-refractivity contribution in [2.75, 3.05) is 10.0 Å². The zero-order valence-corrected chi connectivity index (χ0v) is 23.6. The van der Waals surface area contributed by atoms with Crippen LogP contribution in [0.15, 0.2) is 53.6 Å². The van der Waals surface area contributed by atoms with Gasteiger partial charge < -0.3 is 11.1 Å². The number of benzene rings is 2. The van der Waals surface area contributed by atoms with E-state index in [1.807, 2.05) is 25.3 Å². The second-order valence-corrected chi connectivity index (χ2v) is 11.9. The number of nitrogens with two attached hydrogens (primary N) is 1. The predicted molar refractivity (Wildman–Crippen MR) is 155 cm³/mol. The highest BCUT2D eigenvalue weighted by Gasteiger charge is 2.22. The van der Waals surface area contributed by atoms with Gasteiger partial charge in [0.25, 0.3) is 10.0 Å². The maximum atomic E-state index is 13.0. The number of hydrogen-bond donors (Lipinski definition) is 3. The molecule has 0 atom stereocenters. The number of nitrogens with one attached hydrogen (secondary N) is 2. The number of aryl methyl sites for hydroxylation is 2. The van der Waals surface area contributed by atoms with Crippen molar-refractivity contribution in [1.82, 2.24) is 20.2 Å². The van der Waals surface area contributed by atoms with Gasteiger partial charge in [-0.2, -0.15) is 0 Å². The Morgan fingerprint density at radius 2 is 1.74 bits per heavy atom. The fourth-order valence-electron chi connectivity index (χ4n) is 4.92. The Morgan fingerprint density at radius 1 is 1.00 bits per heavy atom. The van der Waals surface area contributed by atoms with E-state index in [0.717, 1.165) is 59.7 Å². The van der Waals surface area contributed by atoms with Crippen molar-refractivity contribution in [1.29, 1.82) is 0 Å². The molecule has 2 aromatic carbocycles. The normalized spacial score (nSPS) is 17.7. The standard InChI is InChI=1S/C28H32ClN7O2S/c1-3-17-13-19(14-20-16-31-28(33-26(17)20)32-22-11-9-21(30)10-12-22)24-15-18(4-2)27(35-34-24)36-39(37,38)25-8-6-5-7-23(25)29/h5-8,13-16,21-22H,3-4,9-12,30H2,1-2H3,(H,35,36)(H,31,32,33). The molecule has 4 N–H and O–H groups in total. The number of sulfonamides is 1. The molecular weight excluding hydrogens is 534 g/mol. The molecule has 0 aliphatic heterocycles. The van der Waals surface area contributed by atoms with E-state index in [4.69, 9.17) is 22.3 Å². The molecule has 5 rings (SSSR count). The number of aromatic nitrogens is 4. The van der Waals surface area contributed by atoms with E-state index in [1.54, 1.807) is 12.1 Å². The van der Waals surface area contributed by atoms with Crippen molar-refractivity contribution in [3.63, 3.8) is 0 Å². The fourth-order valence-corrected chi connectivity index (χ4v) is 6.48. The largest absolute Gasteiger partial charge is 0.351 e. The van der Waals surface area contributed by atoms with Crippen LogP contribution >= 0.6 is 11.6 Å². The molecule has 1 fully saturated rings. The Labute approximate surface area is 233 Å². The minimum atomic E-state index is -3.92. The Bertz CT molecular complexity index is 1610. The first-order chi connectivity index (χ1) is 18.8. The number of rotatable bonds is 8. The average molecular weight is 566 g/mol. The van der Waals surface area contributed by atoms with Crippen molar-refractivity contribution in [3.8, 4) is 11.3 Å². The monoisotopic (exact) mass is 565 g/mol. The first kappa shape index (κ1) is 27.2. The Hall–Kier alpha value is -3.34. The Morgan fingerprint density at radius 3 is 2.46 bits per heavy atom. The van der Waals surface area contributed by atoms with Crippen LogP contribution in [-0.2, 0) is 22.9 Å². The summed E-state index contributed by atoms with van der Waals surface area (Å²) in [5.74, 6) is 0.814. The van der Waals surface area contributed by atoms with Gasteiger partial charge in [0.05, 0.1) is 16.2 Å². The molecule has 0 spiro atoms. The zero-order chi connectivity index (χ0) is 27.6. The summed E-state index contributed by atoms with van der Waals surface area (Å²) in [5, 5.41) is 13.1. The third kappa shape index (κ3) is 5.98. The van der Waals surface area contributed by atoms with Gasteiger partial charge in [0.15, 0.2) is 5.82 Å². The molecule has 0 unspecified atom stereocenters. The van der Waals surface area contributed by atoms with Crippen molar-refractivity contribution < 1.29 is 8.42 Å². The molecule has 0 radical (unpaired) electrons. The number of hydrogen-bond acceptors (Lipinski definition) is 8. The molecule has 204 valence electrons. The minimum absolute atomic E-state index is 0.0115. The van der Waals surface area contributed by atoms with Gasteiger partial charge in [0.1, 0.15) is 4.90 Å². The van der Waals surface area contributed by atoms with E-state index >= 15 is 0 Å². The number of anilines is 2. The van der Waals surface area contributed by atoms with Gasteiger partial charge in [0.2, 0.25) is 5.95 Å². The molecule has 0 amide bonds. The predicted octanol–water partition coefficient (Wildman–Crippen LogP) is 5.35. The average Bonchev–Trinajstić information content (AvgIpc) is 2.94. The molecule has 1 aliphatic rings. The lowest BCUT2D eigenvalue weighted by molar-refractivity contribution is 0.410. The van der Waals surface area contributed by atoms with Crippen LogP contribution in [0, 0.1) is 0 Å². The van der Waals surface area contributed by atoms with E-state index in [2.05, 4.69) is 38.2 Å². The summed E-state index contributed by atoms with van der Waals surface area (Å²) < 4.78 is 28.5. The molecule has 1 saturated carbocycles. The van der Waals surface area contributed by atoms with Crippen LogP contribution in [0.25, 0.3) is 22.2 Å². The van der Waals surface area contributed by atoms with Crippen LogP contribution < -0.4 is 15.8 Å². The van der Waals surface area contributed by atoms with Gasteiger partial charge in [0, 0.05) is 29.2 Å². The molecule has 39 heavy (non-hydrogen) atoms. The second-order valence-electron chi connectivity index (χ2n) is 9.87. The number of nitrogens with zero attached hydrogens (tertiary/aromatic N) is 4. The van der Waals surface area contributed by atoms with Gasteiger partial charge in [-0.15, -0.1) is 10.2 Å². The van der Waals surface area contributed by atoms with Crippen LogP contribution in [0.3, 0.4) is 0 Å². The summed E-state index contributed by atoms with van der Waals surface area (Å²) in [4.78, 5) is 9.41. The van der Waals surface area contributed by atoms with Crippen molar-refractivity contribution >= 4 is 44.3 Å². The molecule has 4 aromatic rings. The molecule has 9 nitrogen and oxygen atoms in total. The summed E-state index contributed by atoms with van der Waals surface area (Å²) in [7, 11) is -3.92. The quantitative estimate of drug-likeness (QED) is 0.260. The fraction of sp³-hybridized carbons (Fsp3) is 0.357. The third-order valence-electron chi connectivity index (χ3n) is 7.15. The molecule has 0 bridgehead atoms. The number of halogens is 1.